The fraction of sp³-hybridized carbons (Fsp3) is 0.286. The summed E-state index contributed by atoms with van der Waals surface area (Å²) in [7, 11) is 5.60. The van der Waals surface area contributed by atoms with Crippen LogP contribution in [0.4, 0.5) is 10.1 Å². The van der Waals surface area contributed by atoms with E-state index in [-0.39, 0.29) is 35.0 Å². The Bertz CT molecular complexity index is 913. The Morgan fingerprint density at radius 1 is 0.967 bits per heavy atom. The van der Waals surface area contributed by atoms with Crippen LogP contribution in [0.3, 0.4) is 0 Å². The van der Waals surface area contributed by atoms with E-state index in [0.717, 1.165) is 4.90 Å². The molecule has 0 radical (unpaired) electrons. The van der Waals surface area contributed by atoms with Gasteiger partial charge in [-0.25, -0.2) is 14.0 Å². The monoisotopic (exact) mass is 419 g/mol. The van der Waals surface area contributed by atoms with Gasteiger partial charge in [-0.1, -0.05) is 0 Å². The highest BCUT2D eigenvalue weighted by Crippen LogP contribution is 2.18. The molecule has 0 saturated heterocycles. The Kier molecular flexibility index (Phi) is 7.88. The minimum absolute atomic E-state index is 0.0731. The smallest absolute Gasteiger partial charge is 0.337 e. The van der Waals surface area contributed by atoms with E-state index >= 15 is 0 Å². The number of hydrogen-bond acceptors (Lipinski definition) is 6. The Morgan fingerprint density at radius 2 is 1.57 bits per heavy atom. The van der Waals surface area contributed by atoms with Gasteiger partial charge in [-0.3, -0.25) is 4.79 Å². The van der Waals surface area contributed by atoms with Crippen molar-refractivity contribution in [1.29, 1.82) is 0 Å². The lowest BCUT2D eigenvalue weighted by Gasteiger charge is -2.15. The standard InChI is InChI=1S/C21H23FN2O6/c1-24(11-13-5-6-18(28-2)17(22)7-13)12-19(25)23-16-9-14(20(26)29-3)8-15(10-16)21(27)30-4/h5-10H,11-12H2,1-4H3,(H,23,25)/p+1. The van der Waals surface area contributed by atoms with Crippen LogP contribution in [0.1, 0.15) is 26.3 Å². The van der Waals surface area contributed by atoms with Gasteiger partial charge in [0.1, 0.15) is 6.54 Å². The van der Waals surface area contributed by atoms with Crippen molar-refractivity contribution in [2.75, 3.05) is 40.2 Å². The summed E-state index contributed by atoms with van der Waals surface area (Å²) in [5, 5.41) is 2.66. The van der Waals surface area contributed by atoms with Crippen LogP contribution in [0.2, 0.25) is 0 Å². The molecule has 0 saturated carbocycles. The van der Waals surface area contributed by atoms with Crippen LogP contribution in [-0.4, -0.2) is 52.8 Å². The quantitative estimate of drug-likeness (QED) is 0.622. The molecule has 2 aromatic carbocycles. The number of carbonyl (C=O) groups excluding carboxylic acids is 3. The molecule has 30 heavy (non-hydrogen) atoms. The Balaban J connectivity index is 2.08. The number of amides is 1. The molecule has 2 N–H and O–H groups in total. The Labute approximate surface area is 173 Å². The van der Waals surface area contributed by atoms with E-state index in [9.17, 15) is 18.8 Å². The molecule has 1 amide bonds. The molecule has 1 atom stereocenters. The molecule has 2 rings (SSSR count). The first-order chi connectivity index (χ1) is 14.3. The molecule has 0 heterocycles. The summed E-state index contributed by atoms with van der Waals surface area (Å²) < 4.78 is 28.1. The van der Waals surface area contributed by atoms with Crippen LogP contribution >= 0.6 is 0 Å². The molecule has 0 aromatic heterocycles. The third kappa shape index (κ3) is 6.02. The maximum absolute atomic E-state index is 13.8. The average molecular weight is 419 g/mol. The van der Waals surface area contributed by atoms with Crippen LogP contribution in [0, 0.1) is 5.82 Å². The second-order valence-electron chi connectivity index (χ2n) is 6.61. The topological polar surface area (TPSA) is 95.4 Å². The van der Waals surface area contributed by atoms with E-state index in [1.54, 1.807) is 13.1 Å². The van der Waals surface area contributed by atoms with Crippen molar-refractivity contribution in [2.24, 2.45) is 0 Å². The van der Waals surface area contributed by atoms with Gasteiger partial charge in [0.2, 0.25) is 0 Å². The number of halogens is 1. The van der Waals surface area contributed by atoms with Crippen LogP contribution in [0.5, 0.6) is 5.75 Å². The van der Waals surface area contributed by atoms with E-state index in [0.29, 0.717) is 12.1 Å². The SMILES string of the molecule is COC(=O)c1cc(NC(=O)C[NH+](C)Cc2ccc(OC)c(F)c2)cc(C(=O)OC)c1. The normalized spacial score (nSPS) is 11.4. The van der Waals surface area contributed by atoms with Gasteiger partial charge < -0.3 is 24.4 Å². The van der Waals surface area contributed by atoms with Crippen molar-refractivity contribution in [2.45, 2.75) is 6.54 Å². The Morgan fingerprint density at radius 3 is 2.07 bits per heavy atom. The van der Waals surface area contributed by atoms with E-state index < -0.39 is 17.8 Å². The molecule has 0 aliphatic rings. The van der Waals surface area contributed by atoms with Crippen molar-refractivity contribution in [3.8, 4) is 5.75 Å². The fourth-order valence-electron chi connectivity index (χ4n) is 2.88. The number of rotatable bonds is 8. The predicted octanol–water partition coefficient (Wildman–Crippen LogP) is 1.06. The first kappa shape index (κ1) is 22.8. The van der Waals surface area contributed by atoms with Crippen LogP contribution in [0.15, 0.2) is 36.4 Å². The molecule has 0 fully saturated rings. The number of likely N-dealkylation sites (N-methyl/N-ethyl adjacent to an activating group) is 1. The molecular formula is C21H24FN2O6+. The zero-order valence-electron chi connectivity index (χ0n) is 17.2. The summed E-state index contributed by atoms with van der Waals surface area (Å²) in [6.45, 7) is 0.480. The minimum Gasteiger partial charge on any atom is -0.494 e. The predicted molar refractivity (Wildman–Crippen MR) is 106 cm³/mol. The Hall–Kier alpha value is -3.46. The lowest BCUT2D eigenvalue weighted by molar-refractivity contribution is -0.885. The number of benzene rings is 2. The largest absolute Gasteiger partial charge is 0.494 e. The summed E-state index contributed by atoms with van der Waals surface area (Å²) in [6.07, 6.45) is 0. The zero-order chi connectivity index (χ0) is 22.3. The number of anilines is 1. The van der Waals surface area contributed by atoms with Crippen molar-refractivity contribution in [1.82, 2.24) is 0 Å². The molecule has 0 aliphatic carbocycles. The minimum atomic E-state index is -0.652. The molecule has 0 aliphatic heterocycles. The van der Waals surface area contributed by atoms with Gasteiger partial charge in [0, 0.05) is 11.3 Å². The van der Waals surface area contributed by atoms with Gasteiger partial charge in [-0.15, -0.1) is 0 Å². The van der Waals surface area contributed by atoms with Gasteiger partial charge in [0.15, 0.2) is 18.1 Å². The second-order valence-corrected chi connectivity index (χ2v) is 6.61. The summed E-state index contributed by atoms with van der Waals surface area (Å²) in [6, 6.07) is 8.76. The van der Waals surface area contributed by atoms with E-state index in [4.69, 9.17) is 4.74 Å². The molecule has 9 heteroatoms. The lowest BCUT2D eigenvalue weighted by atomic mass is 10.1. The third-order valence-corrected chi connectivity index (χ3v) is 4.24. The molecule has 0 spiro atoms. The molecule has 160 valence electrons. The van der Waals surface area contributed by atoms with E-state index in [1.165, 1.54) is 51.7 Å². The van der Waals surface area contributed by atoms with Crippen LogP contribution < -0.4 is 15.0 Å². The molecule has 2 aromatic rings. The highest BCUT2D eigenvalue weighted by atomic mass is 19.1. The van der Waals surface area contributed by atoms with Gasteiger partial charge >= 0.3 is 11.9 Å². The number of ether oxygens (including phenoxy) is 3. The lowest BCUT2D eigenvalue weighted by Crippen LogP contribution is -3.08. The first-order valence-corrected chi connectivity index (χ1v) is 9.02. The van der Waals surface area contributed by atoms with Gasteiger partial charge in [-0.2, -0.15) is 0 Å². The summed E-state index contributed by atoms with van der Waals surface area (Å²) in [5.74, 6) is -1.97. The first-order valence-electron chi connectivity index (χ1n) is 9.02. The van der Waals surface area contributed by atoms with E-state index in [1.807, 2.05) is 0 Å². The maximum Gasteiger partial charge on any atom is 0.337 e. The van der Waals surface area contributed by atoms with Crippen molar-refractivity contribution in [3.63, 3.8) is 0 Å². The number of methoxy groups -OCH3 is 3. The number of carbonyl (C=O) groups is 3. The highest BCUT2D eigenvalue weighted by Gasteiger charge is 2.17. The summed E-state index contributed by atoms with van der Waals surface area (Å²) in [4.78, 5) is 36.9. The number of quaternary nitrogens is 1. The fourth-order valence-corrected chi connectivity index (χ4v) is 2.88. The second kappa shape index (κ2) is 10.4. The van der Waals surface area contributed by atoms with Crippen molar-refractivity contribution >= 4 is 23.5 Å². The molecule has 8 nitrogen and oxygen atoms in total. The molecule has 1 unspecified atom stereocenters. The van der Waals surface area contributed by atoms with Gasteiger partial charge in [-0.05, 0) is 36.4 Å². The number of hydrogen-bond donors (Lipinski definition) is 2. The molecule has 0 bridgehead atoms. The van der Waals surface area contributed by atoms with Crippen molar-refractivity contribution < 1.29 is 37.9 Å². The van der Waals surface area contributed by atoms with Gasteiger partial charge in [0.25, 0.3) is 5.91 Å². The van der Waals surface area contributed by atoms with Crippen molar-refractivity contribution in [3.05, 3.63) is 58.9 Å². The van der Waals surface area contributed by atoms with Crippen LogP contribution in [-0.2, 0) is 20.8 Å². The number of nitrogens with one attached hydrogen (secondary N) is 2. The summed E-state index contributed by atoms with van der Waals surface area (Å²) in [5.41, 5.74) is 1.17. The maximum atomic E-state index is 13.8. The van der Waals surface area contributed by atoms with Gasteiger partial charge in [0.05, 0.1) is 39.5 Å². The zero-order valence-corrected chi connectivity index (χ0v) is 17.2. The summed E-state index contributed by atoms with van der Waals surface area (Å²) >= 11 is 0. The van der Waals surface area contributed by atoms with E-state index in [2.05, 4.69) is 14.8 Å². The van der Waals surface area contributed by atoms with Crippen LogP contribution in [0.25, 0.3) is 0 Å². The third-order valence-electron chi connectivity index (χ3n) is 4.24. The molecular weight excluding hydrogens is 395 g/mol. The number of esters is 2. The highest BCUT2D eigenvalue weighted by molar-refractivity contribution is 5.99. The average Bonchev–Trinajstić information content (AvgIpc) is 2.72.